The van der Waals surface area contributed by atoms with Crippen molar-refractivity contribution in [1.29, 1.82) is 5.26 Å². The van der Waals surface area contributed by atoms with Crippen LogP contribution in [0.2, 0.25) is 0 Å². The molecule has 1 unspecified atom stereocenters. The quantitative estimate of drug-likeness (QED) is 0.589. The Hall–Kier alpha value is -0.770. The molecular formula is C20H29N. The summed E-state index contributed by atoms with van der Waals surface area (Å²) in [7, 11) is 0. The van der Waals surface area contributed by atoms with Gasteiger partial charge in [-0.3, -0.25) is 0 Å². The first-order valence-corrected chi connectivity index (χ1v) is 9.22. The highest BCUT2D eigenvalue weighted by molar-refractivity contribution is 5.35. The van der Waals surface area contributed by atoms with Crippen molar-refractivity contribution in [2.45, 2.75) is 65.2 Å². The molecule has 3 saturated carbocycles. The molecule has 0 bridgehead atoms. The van der Waals surface area contributed by atoms with E-state index in [1.165, 1.54) is 51.4 Å². The number of allylic oxidation sites excluding steroid dienone is 2. The normalized spacial score (nSPS) is 52.1. The monoisotopic (exact) mass is 283 g/mol. The van der Waals surface area contributed by atoms with Crippen LogP contribution in [0, 0.1) is 52.3 Å². The van der Waals surface area contributed by atoms with Gasteiger partial charge in [-0.2, -0.15) is 5.26 Å². The second-order valence-corrected chi connectivity index (χ2v) is 8.86. The van der Waals surface area contributed by atoms with Crippen molar-refractivity contribution in [3.8, 4) is 6.07 Å². The molecule has 7 atom stereocenters. The van der Waals surface area contributed by atoms with E-state index in [4.69, 9.17) is 0 Å². The molecule has 0 heterocycles. The Balaban J connectivity index is 1.56. The maximum absolute atomic E-state index is 9.46. The minimum absolute atomic E-state index is 0.227. The highest BCUT2D eigenvalue weighted by Crippen LogP contribution is 2.61. The molecule has 4 aliphatic rings. The van der Waals surface area contributed by atoms with Crippen molar-refractivity contribution in [2.75, 3.05) is 0 Å². The summed E-state index contributed by atoms with van der Waals surface area (Å²) in [4.78, 5) is 0. The lowest BCUT2D eigenvalue weighted by molar-refractivity contribution is -0.0355. The van der Waals surface area contributed by atoms with Crippen molar-refractivity contribution in [3.63, 3.8) is 0 Å². The number of fused-ring (bicyclic) bond motifs is 4. The van der Waals surface area contributed by atoms with E-state index >= 15 is 0 Å². The number of nitrogens with zero attached hydrogens (tertiary/aromatic N) is 1. The SMILES string of the molecule is C[C@H]1CC[C@@H]2C(CC[C@@H]3C[C@]4(C)C(C#N)=CC[C@H]4C[C@H]32)C1. The van der Waals surface area contributed by atoms with Crippen LogP contribution in [-0.4, -0.2) is 0 Å². The van der Waals surface area contributed by atoms with Crippen LogP contribution in [0.3, 0.4) is 0 Å². The molecule has 0 spiro atoms. The van der Waals surface area contributed by atoms with Gasteiger partial charge in [0.2, 0.25) is 0 Å². The molecule has 0 aliphatic heterocycles. The zero-order chi connectivity index (χ0) is 14.6. The van der Waals surface area contributed by atoms with Crippen LogP contribution in [0.5, 0.6) is 0 Å². The van der Waals surface area contributed by atoms with E-state index in [1.807, 2.05) is 0 Å². The highest BCUT2D eigenvalue weighted by atomic mass is 14.6. The van der Waals surface area contributed by atoms with Crippen molar-refractivity contribution in [2.24, 2.45) is 40.9 Å². The molecule has 114 valence electrons. The first-order chi connectivity index (χ1) is 10.1. The molecule has 3 fully saturated rings. The fourth-order valence-corrected chi connectivity index (χ4v) is 6.68. The van der Waals surface area contributed by atoms with Crippen LogP contribution < -0.4 is 0 Å². The zero-order valence-electron chi connectivity index (χ0n) is 13.6. The van der Waals surface area contributed by atoms with Crippen LogP contribution in [0.1, 0.15) is 65.2 Å². The van der Waals surface area contributed by atoms with Crippen molar-refractivity contribution < 1.29 is 0 Å². The lowest BCUT2D eigenvalue weighted by atomic mass is 9.50. The van der Waals surface area contributed by atoms with Crippen LogP contribution in [-0.2, 0) is 0 Å². The summed E-state index contributed by atoms with van der Waals surface area (Å²) in [5.74, 6) is 5.69. The molecule has 0 saturated heterocycles. The van der Waals surface area contributed by atoms with Crippen molar-refractivity contribution >= 4 is 0 Å². The third-order valence-corrected chi connectivity index (χ3v) is 7.85. The summed E-state index contributed by atoms with van der Waals surface area (Å²) in [6.45, 7) is 4.85. The van der Waals surface area contributed by atoms with Gasteiger partial charge < -0.3 is 0 Å². The van der Waals surface area contributed by atoms with Crippen LogP contribution >= 0.6 is 0 Å². The molecule has 4 aliphatic carbocycles. The second-order valence-electron chi connectivity index (χ2n) is 8.86. The number of hydrogen-bond acceptors (Lipinski definition) is 1. The molecule has 1 nitrogen and oxygen atoms in total. The summed E-state index contributed by atoms with van der Waals surface area (Å²) < 4.78 is 0. The van der Waals surface area contributed by atoms with Crippen molar-refractivity contribution in [3.05, 3.63) is 11.6 Å². The molecule has 21 heavy (non-hydrogen) atoms. The number of rotatable bonds is 0. The van der Waals surface area contributed by atoms with Gasteiger partial charge in [-0.05, 0) is 80.5 Å². The maximum Gasteiger partial charge on any atom is 0.0949 e. The number of nitriles is 1. The molecule has 4 rings (SSSR count). The first-order valence-electron chi connectivity index (χ1n) is 9.22. The summed E-state index contributed by atoms with van der Waals surface area (Å²) in [6, 6.07) is 2.52. The molecule has 0 amide bonds. The minimum atomic E-state index is 0.227. The average molecular weight is 283 g/mol. The van der Waals surface area contributed by atoms with E-state index in [9.17, 15) is 5.26 Å². The first kappa shape index (κ1) is 13.9. The second kappa shape index (κ2) is 4.87. The Morgan fingerprint density at radius 1 is 1.10 bits per heavy atom. The Labute approximate surface area is 129 Å². The van der Waals surface area contributed by atoms with Crippen molar-refractivity contribution in [1.82, 2.24) is 0 Å². The Kier molecular flexibility index (Phi) is 3.21. The Morgan fingerprint density at radius 2 is 1.90 bits per heavy atom. The van der Waals surface area contributed by atoms with Gasteiger partial charge in [0.1, 0.15) is 0 Å². The molecular weight excluding hydrogens is 254 g/mol. The minimum Gasteiger partial charge on any atom is -0.193 e. The van der Waals surface area contributed by atoms with Gasteiger partial charge in [0.25, 0.3) is 0 Å². The fraction of sp³-hybridized carbons (Fsp3) is 0.850. The average Bonchev–Trinajstić information content (AvgIpc) is 2.80. The number of hydrogen-bond donors (Lipinski definition) is 0. The molecule has 0 aromatic heterocycles. The topological polar surface area (TPSA) is 23.8 Å². The van der Waals surface area contributed by atoms with Gasteiger partial charge in [-0.1, -0.05) is 26.3 Å². The third kappa shape index (κ3) is 2.01. The van der Waals surface area contributed by atoms with E-state index in [0.29, 0.717) is 0 Å². The van der Waals surface area contributed by atoms with Gasteiger partial charge in [-0.15, -0.1) is 0 Å². The largest absolute Gasteiger partial charge is 0.193 e. The van der Waals surface area contributed by atoms with E-state index in [1.54, 1.807) is 0 Å². The van der Waals surface area contributed by atoms with Crippen LogP contribution in [0.4, 0.5) is 0 Å². The lowest BCUT2D eigenvalue weighted by Gasteiger charge is -2.54. The molecule has 0 radical (unpaired) electrons. The smallest absolute Gasteiger partial charge is 0.0949 e. The third-order valence-electron chi connectivity index (χ3n) is 7.85. The van der Waals surface area contributed by atoms with E-state index < -0.39 is 0 Å². The molecule has 1 heteroatoms. The van der Waals surface area contributed by atoms with E-state index in [2.05, 4.69) is 26.0 Å². The van der Waals surface area contributed by atoms with Crippen LogP contribution in [0.15, 0.2) is 11.6 Å². The Bertz CT molecular complexity index is 498. The maximum atomic E-state index is 9.46. The van der Waals surface area contributed by atoms with E-state index in [0.717, 1.165) is 41.1 Å². The highest BCUT2D eigenvalue weighted by Gasteiger charge is 2.53. The van der Waals surface area contributed by atoms with Gasteiger partial charge in [0.15, 0.2) is 0 Å². The summed E-state index contributed by atoms with van der Waals surface area (Å²) in [6.07, 6.45) is 13.5. The summed E-state index contributed by atoms with van der Waals surface area (Å²) >= 11 is 0. The Morgan fingerprint density at radius 3 is 2.71 bits per heavy atom. The summed E-state index contributed by atoms with van der Waals surface area (Å²) in [5, 5.41) is 9.46. The molecule has 0 aromatic rings. The lowest BCUT2D eigenvalue weighted by Crippen LogP contribution is -2.46. The van der Waals surface area contributed by atoms with E-state index in [-0.39, 0.29) is 5.41 Å². The predicted molar refractivity (Wildman–Crippen MR) is 85.4 cm³/mol. The summed E-state index contributed by atoms with van der Waals surface area (Å²) in [5.41, 5.74) is 1.34. The molecule has 0 N–H and O–H groups in total. The zero-order valence-corrected chi connectivity index (χ0v) is 13.6. The van der Waals surface area contributed by atoms with Gasteiger partial charge in [0.05, 0.1) is 6.07 Å². The van der Waals surface area contributed by atoms with Crippen LogP contribution in [0.25, 0.3) is 0 Å². The predicted octanol–water partition coefficient (Wildman–Crippen LogP) is 5.33. The standard InChI is InChI=1S/C20H29N/c1-13-3-8-18-14(9-13)4-5-15-11-20(2)16(10-19(15)18)6-7-17(20)12-21/h7,13-16,18-19H,3-6,8-11H2,1-2H3/t13-,14?,15+,16-,18+,19+,20-/m0/s1. The fourth-order valence-electron chi connectivity index (χ4n) is 6.68. The van der Waals surface area contributed by atoms with Gasteiger partial charge >= 0.3 is 0 Å². The van der Waals surface area contributed by atoms with Gasteiger partial charge in [-0.25, -0.2) is 0 Å². The van der Waals surface area contributed by atoms with Gasteiger partial charge in [0, 0.05) is 11.0 Å². The molecule has 0 aromatic carbocycles.